The van der Waals surface area contributed by atoms with Gasteiger partial charge in [-0.3, -0.25) is 0 Å². The second-order valence-electron chi connectivity index (χ2n) is 5.65. The number of aromatic nitrogens is 6. The summed E-state index contributed by atoms with van der Waals surface area (Å²) < 4.78 is 4.23. The smallest absolute Gasteiger partial charge is 0.158 e. The molecule has 0 fully saturated rings. The summed E-state index contributed by atoms with van der Waals surface area (Å²) >= 11 is 0. The molecule has 0 aliphatic heterocycles. The molecule has 0 saturated heterocycles. The fraction of sp³-hybridized carbons (Fsp3) is 0.714. The second kappa shape index (κ2) is 6.63. The van der Waals surface area contributed by atoms with Gasteiger partial charge in [0.1, 0.15) is 12.1 Å². The molecule has 0 N–H and O–H groups in total. The molecule has 0 radical (unpaired) electrons. The van der Waals surface area contributed by atoms with Crippen LogP contribution in [0.3, 0.4) is 0 Å². The fourth-order valence-electron chi connectivity index (χ4n) is 2.32. The minimum absolute atomic E-state index is 0.492. The van der Waals surface area contributed by atoms with Crippen molar-refractivity contribution in [3.05, 3.63) is 23.8 Å². The first-order valence-electron chi connectivity index (χ1n) is 7.06. The Morgan fingerprint density at radius 2 is 1.60 bits per heavy atom. The van der Waals surface area contributed by atoms with E-state index in [1.165, 1.54) is 5.69 Å². The van der Waals surface area contributed by atoms with Crippen LogP contribution in [-0.2, 0) is 14.1 Å². The van der Waals surface area contributed by atoms with E-state index in [0.717, 1.165) is 5.69 Å². The number of nitrogens with zero attached hydrogens (tertiary/aromatic N) is 6. The number of hydrogen-bond acceptors (Lipinski definition) is 2. The maximum Gasteiger partial charge on any atom is 0.215 e. The van der Waals surface area contributed by atoms with Gasteiger partial charge in [-0.25, -0.2) is 0 Å². The van der Waals surface area contributed by atoms with Crippen LogP contribution >= 0.6 is 0 Å². The molecule has 0 unspecified atom stereocenters. The first-order chi connectivity index (χ1) is 9.23. The molecule has 0 aromatic carbocycles. The van der Waals surface area contributed by atoms with Gasteiger partial charge in [-0.2, -0.15) is 9.36 Å². The Morgan fingerprint density at radius 1 is 1.00 bits per heavy atom. The van der Waals surface area contributed by atoms with Crippen molar-refractivity contribution >= 4 is 0 Å². The molecule has 2 aromatic heterocycles. The first kappa shape index (κ1) is 16.3. The molecule has 0 bridgehead atoms. The van der Waals surface area contributed by atoms with E-state index in [-0.39, 0.29) is 0 Å². The maximum absolute atomic E-state index is 4.21. The Morgan fingerprint density at radius 3 is 1.80 bits per heavy atom. The molecule has 6 heteroatoms. The van der Waals surface area contributed by atoms with E-state index in [2.05, 4.69) is 54.2 Å². The summed E-state index contributed by atoms with van der Waals surface area (Å²) in [5.74, 6) is 0. The van der Waals surface area contributed by atoms with Crippen LogP contribution in [0.2, 0.25) is 0 Å². The highest BCUT2D eigenvalue weighted by Gasteiger charge is 2.13. The average Bonchev–Trinajstić information content (AvgIpc) is 2.82. The summed E-state index contributed by atoms with van der Waals surface area (Å²) in [7, 11) is 3.90. The molecule has 0 aliphatic carbocycles. The molecular weight excluding hydrogens is 252 g/mol. The number of hydrogen-bond donors (Lipinski definition) is 0. The van der Waals surface area contributed by atoms with Gasteiger partial charge in [0.2, 0.25) is 11.9 Å². The minimum Gasteiger partial charge on any atom is -0.158 e. The first-order valence-corrected chi connectivity index (χ1v) is 7.06. The van der Waals surface area contributed by atoms with Gasteiger partial charge in [-0.05, 0) is 37.3 Å². The molecule has 6 nitrogen and oxygen atoms in total. The molecule has 2 rings (SSSR count). The fourth-order valence-corrected chi connectivity index (χ4v) is 2.32. The Bertz CT molecular complexity index is 531. The number of aryl methyl sites for hydroxylation is 4. The standard InChI is InChI=1S/2C7H14N3/c1-6(2)10-5-7(3)8-9(10)4;1-6(2)10-7(3)5-8-9(10)4/h2*5-6H,1-4H3/q2*+1. The van der Waals surface area contributed by atoms with Crippen LogP contribution in [0, 0.1) is 13.8 Å². The van der Waals surface area contributed by atoms with Gasteiger partial charge in [0.05, 0.1) is 14.1 Å². The van der Waals surface area contributed by atoms with Crippen LogP contribution in [0.4, 0.5) is 0 Å². The van der Waals surface area contributed by atoms with Crippen LogP contribution < -0.4 is 9.36 Å². The normalized spacial score (nSPS) is 10.9. The lowest BCUT2D eigenvalue weighted by atomic mass is 10.4. The summed E-state index contributed by atoms with van der Waals surface area (Å²) in [4.78, 5) is 3.72. The predicted molar refractivity (Wildman–Crippen MR) is 77.1 cm³/mol. The van der Waals surface area contributed by atoms with Gasteiger partial charge in [0.15, 0.2) is 11.9 Å². The van der Waals surface area contributed by atoms with Crippen molar-refractivity contribution in [1.29, 1.82) is 0 Å². The predicted octanol–water partition coefficient (Wildman–Crippen LogP) is 1.19. The van der Waals surface area contributed by atoms with Crippen molar-refractivity contribution in [2.24, 2.45) is 14.1 Å². The molecule has 0 aliphatic rings. The van der Waals surface area contributed by atoms with E-state index >= 15 is 0 Å². The molecule has 0 spiro atoms. The maximum atomic E-state index is 4.21. The van der Waals surface area contributed by atoms with Crippen molar-refractivity contribution in [3.63, 3.8) is 0 Å². The highest BCUT2D eigenvalue weighted by atomic mass is 15.5. The largest absolute Gasteiger partial charge is 0.215 e. The molecule has 0 saturated carbocycles. The van der Waals surface area contributed by atoms with E-state index in [4.69, 9.17) is 0 Å². The molecule has 112 valence electrons. The van der Waals surface area contributed by atoms with Crippen LogP contribution in [0.25, 0.3) is 0 Å². The van der Waals surface area contributed by atoms with E-state index in [0.29, 0.717) is 12.1 Å². The van der Waals surface area contributed by atoms with E-state index < -0.39 is 0 Å². The van der Waals surface area contributed by atoms with Crippen LogP contribution in [0.1, 0.15) is 51.2 Å². The van der Waals surface area contributed by atoms with E-state index in [9.17, 15) is 0 Å². The highest BCUT2D eigenvalue weighted by Crippen LogP contribution is 1.93. The van der Waals surface area contributed by atoms with Crippen LogP contribution in [-0.4, -0.2) is 19.8 Å². The molecule has 2 aromatic rings. The van der Waals surface area contributed by atoms with Crippen molar-refractivity contribution in [2.75, 3.05) is 0 Å². The zero-order valence-corrected chi connectivity index (χ0v) is 14.0. The third kappa shape index (κ3) is 3.88. The summed E-state index contributed by atoms with van der Waals surface area (Å²) in [6, 6.07) is 0.985. The Balaban J connectivity index is 0.000000200. The SMILES string of the molecule is Cc1c[n+](C(C)C)n(C)n1.Cc1cnn(C)[n+]1C(C)C. The zero-order chi connectivity index (χ0) is 15.4. The Labute approximate surface area is 121 Å². The third-order valence-electron chi connectivity index (χ3n) is 3.06. The minimum atomic E-state index is 0.492. The van der Waals surface area contributed by atoms with Gasteiger partial charge < -0.3 is 0 Å². The lowest BCUT2D eigenvalue weighted by Crippen LogP contribution is -2.46. The average molecular weight is 280 g/mol. The Hall–Kier alpha value is -1.72. The molecule has 20 heavy (non-hydrogen) atoms. The number of rotatable bonds is 2. The van der Waals surface area contributed by atoms with Crippen LogP contribution in [0.5, 0.6) is 0 Å². The van der Waals surface area contributed by atoms with Crippen molar-refractivity contribution in [2.45, 2.75) is 53.6 Å². The lowest BCUT2D eigenvalue weighted by Gasteiger charge is -2.02. The quantitative estimate of drug-likeness (QED) is 0.776. The molecule has 2 heterocycles. The lowest BCUT2D eigenvalue weighted by molar-refractivity contribution is -0.798. The summed E-state index contributed by atoms with van der Waals surface area (Å²) in [5.41, 5.74) is 2.27. The molecule has 0 atom stereocenters. The van der Waals surface area contributed by atoms with E-state index in [1.54, 1.807) is 0 Å². The molecule has 0 amide bonds. The van der Waals surface area contributed by atoms with Crippen LogP contribution in [0.15, 0.2) is 12.4 Å². The van der Waals surface area contributed by atoms with Gasteiger partial charge in [-0.15, -0.1) is 0 Å². The molecular formula is C14H28N6+2. The monoisotopic (exact) mass is 280 g/mol. The van der Waals surface area contributed by atoms with Crippen molar-refractivity contribution in [1.82, 2.24) is 19.8 Å². The second-order valence-corrected chi connectivity index (χ2v) is 5.65. The Kier molecular flexibility index (Phi) is 5.42. The summed E-state index contributed by atoms with van der Waals surface area (Å²) in [6.07, 6.45) is 3.92. The topological polar surface area (TPSA) is 43.4 Å². The summed E-state index contributed by atoms with van der Waals surface area (Å²) in [5, 5.41) is 8.33. The third-order valence-corrected chi connectivity index (χ3v) is 3.06. The summed E-state index contributed by atoms with van der Waals surface area (Å²) in [6.45, 7) is 12.6. The zero-order valence-electron chi connectivity index (χ0n) is 14.0. The van der Waals surface area contributed by atoms with E-state index in [1.807, 2.05) is 43.0 Å². The van der Waals surface area contributed by atoms with Gasteiger partial charge >= 0.3 is 0 Å². The van der Waals surface area contributed by atoms with Crippen molar-refractivity contribution < 1.29 is 9.36 Å². The van der Waals surface area contributed by atoms with Gasteiger partial charge in [-0.1, -0.05) is 0 Å². The highest BCUT2D eigenvalue weighted by molar-refractivity contribution is 4.80. The van der Waals surface area contributed by atoms with Gasteiger partial charge in [0, 0.05) is 24.0 Å². The van der Waals surface area contributed by atoms with Gasteiger partial charge in [0.25, 0.3) is 0 Å². The van der Waals surface area contributed by atoms with Crippen molar-refractivity contribution in [3.8, 4) is 0 Å².